The lowest BCUT2D eigenvalue weighted by Crippen LogP contribution is -2.45. The number of ether oxygens (including phenoxy) is 1. The molecule has 0 saturated carbocycles. The minimum absolute atomic E-state index is 0.0214. The number of aliphatic hydroxyl groups is 2. The van der Waals surface area contributed by atoms with Gasteiger partial charge in [-0.1, -0.05) is 340 Å². The third-order valence-corrected chi connectivity index (χ3v) is 16.2. The van der Waals surface area contributed by atoms with Crippen molar-refractivity contribution in [3.8, 4) is 0 Å². The Morgan fingerprint density at radius 2 is 0.618 bits per heavy atom. The van der Waals surface area contributed by atoms with E-state index >= 15 is 0 Å². The number of allylic oxidation sites excluding steroid dienone is 3. The molecule has 0 aliphatic rings. The van der Waals surface area contributed by atoms with Gasteiger partial charge in [-0.05, 0) is 57.8 Å². The first-order chi connectivity index (χ1) is 37.5. The van der Waals surface area contributed by atoms with E-state index in [4.69, 9.17) is 4.74 Å². The minimum Gasteiger partial charge on any atom is -0.466 e. The van der Waals surface area contributed by atoms with Gasteiger partial charge in [-0.25, -0.2) is 0 Å². The predicted molar refractivity (Wildman–Crippen MR) is 333 cm³/mol. The molecule has 0 fully saturated rings. The van der Waals surface area contributed by atoms with Crippen molar-refractivity contribution in [2.75, 3.05) is 13.2 Å². The van der Waals surface area contributed by atoms with Crippen LogP contribution in [0.4, 0.5) is 0 Å². The van der Waals surface area contributed by atoms with Crippen molar-refractivity contribution in [3.05, 3.63) is 24.3 Å². The van der Waals surface area contributed by atoms with Gasteiger partial charge in [0.15, 0.2) is 0 Å². The van der Waals surface area contributed by atoms with E-state index in [2.05, 4.69) is 31.3 Å². The quantitative estimate of drug-likeness (QED) is 0.0320. The van der Waals surface area contributed by atoms with Crippen LogP contribution in [0.5, 0.6) is 0 Å². The van der Waals surface area contributed by atoms with Gasteiger partial charge in [0.1, 0.15) is 0 Å². The van der Waals surface area contributed by atoms with E-state index in [-0.39, 0.29) is 18.5 Å². The first-order valence-electron chi connectivity index (χ1n) is 34.6. The summed E-state index contributed by atoms with van der Waals surface area (Å²) >= 11 is 0. The Balaban J connectivity index is 3.34. The van der Waals surface area contributed by atoms with E-state index in [9.17, 15) is 19.8 Å². The summed E-state index contributed by atoms with van der Waals surface area (Å²) in [6.45, 7) is 4.93. The number of rotatable bonds is 65. The molecule has 0 aromatic carbocycles. The number of hydrogen-bond donors (Lipinski definition) is 3. The maximum Gasteiger partial charge on any atom is 0.305 e. The molecule has 6 heteroatoms. The summed E-state index contributed by atoms with van der Waals surface area (Å²) in [6, 6.07) is -0.625. The second-order valence-corrected chi connectivity index (χ2v) is 23.9. The van der Waals surface area contributed by atoms with Crippen molar-refractivity contribution in [1.29, 1.82) is 0 Å². The molecule has 0 aromatic rings. The van der Waals surface area contributed by atoms with E-state index in [0.29, 0.717) is 19.4 Å². The van der Waals surface area contributed by atoms with Crippen molar-refractivity contribution in [2.24, 2.45) is 0 Å². The fraction of sp³-hybridized carbons (Fsp3) is 0.914. The van der Waals surface area contributed by atoms with Gasteiger partial charge in [0.05, 0.1) is 25.4 Å². The van der Waals surface area contributed by atoms with Crippen LogP contribution in [0.3, 0.4) is 0 Å². The molecule has 0 heterocycles. The summed E-state index contributed by atoms with van der Waals surface area (Å²) in [6.07, 6.45) is 82.6. The van der Waals surface area contributed by atoms with Crippen LogP contribution in [0.1, 0.15) is 386 Å². The molecule has 450 valence electrons. The van der Waals surface area contributed by atoms with Crippen LogP contribution in [0.2, 0.25) is 0 Å². The van der Waals surface area contributed by atoms with Crippen molar-refractivity contribution in [1.82, 2.24) is 5.32 Å². The minimum atomic E-state index is -0.841. The van der Waals surface area contributed by atoms with Crippen LogP contribution in [0.25, 0.3) is 0 Å². The maximum atomic E-state index is 12.4. The lowest BCUT2D eigenvalue weighted by molar-refractivity contribution is -0.143. The monoisotopic (exact) mass is 1070 g/mol. The number of amides is 1. The largest absolute Gasteiger partial charge is 0.466 e. The maximum absolute atomic E-state index is 12.4. The molecule has 0 spiro atoms. The topological polar surface area (TPSA) is 95.9 Å². The van der Waals surface area contributed by atoms with Crippen LogP contribution < -0.4 is 5.32 Å². The molecule has 0 aliphatic heterocycles. The molecule has 0 rings (SSSR count). The van der Waals surface area contributed by atoms with Gasteiger partial charge in [0.2, 0.25) is 5.91 Å². The number of hydrogen-bond acceptors (Lipinski definition) is 5. The summed E-state index contributed by atoms with van der Waals surface area (Å²) < 4.78 is 5.50. The average molecular weight is 1070 g/mol. The number of esters is 1. The summed E-state index contributed by atoms with van der Waals surface area (Å²) in [4.78, 5) is 24.5. The summed E-state index contributed by atoms with van der Waals surface area (Å²) in [5.74, 6) is -0.0436. The zero-order valence-electron chi connectivity index (χ0n) is 51.5. The van der Waals surface area contributed by atoms with E-state index in [1.165, 1.54) is 321 Å². The summed E-state index contributed by atoms with van der Waals surface area (Å²) in [5, 5.41) is 23.1. The van der Waals surface area contributed by atoms with Crippen molar-refractivity contribution in [2.45, 2.75) is 398 Å². The van der Waals surface area contributed by atoms with Gasteiger partial charge in [-0.3, -0.25) is 9.59 Å². The van der Waals surface area contributed by atoms with Crippen molar-refractivity contribution in [3.63, 3.8) is 0 Å². The van der Waals surface area contributed by atoms with Gasteiger partial charge in [0, 0.05) is 12.8 Å². The second-order valence-electron chi connectivity index (χ2n) is 23.9. The van der Waals surface area contributed by atoms with Crippen LogP contribution in [0, 0.1) is 0 Å². The Hall–Kier alpha value is -1.66. The Labute approximate surface area is 475 Å². The summed E-state index contributed by atoms with van der Waals surface area (Å²) in [5.41, 5.74) is 0. The molecule has 0 bridgehead atoms. The molecule has 0 radical (unpaired) electrons. The number of carbonyl (C=O) groups excluding carboxylic acids is 2. The highest BCUT2D eigenvalue weighted by Gasteiger charge is 2.18. The fourth-order valence-corrected chi connectivity index (χ4v) is 10.9. The smallest absolute Gasteiger partial charge is 0.305 e. The van der Waals surface area contributed by atoms with Crippen molar-refractivity contribution >= 4 is 11.9 Å². The Bertz CT molecular complexity index is 1190. The third kappa shape index (κ3) is 61.6. The van der Waals surface area contributed by atoms with Gasteiger partial charge >= 0.3 is 5.97 Å². The van der Waals surface area contributed by atoms with Gasteiger partial charge in [0.25, 0.3) is 0 Å². The van der Waals surface area contributed by atoms with Gasteiger partial charge in [-0.15, -0.1) is 0 Å². The first-order valence-corrected chi connectivity index (χ1v) is 34.6. The highest BCUT2D eigenvalue weighted by Crippen LogP contribution is 2.18. The number of unbranched alkanes of at least 4 members (excludes halogenated alkanes) is 52. The summed E-state index contributed by atoms with van der Waals surface area (Å²) in [7, 11) is 0. The highest BCUT2D eigenvalue weighted by atomic mass is 16.5. The number of nitrogens with one attached hydrogen (secondary N) is 1. The SMILES string of the molecule is CCCCCCCCCCCC/C=C/C(O)C(CO)NC(=O)CCCCCCCCCCCCCCCCC/C=C\CCCCCCCCCCCCCCOC(=O)CCCCCCCCCCCCCCCCCC. The van der Waals surface area contributed by atoms with Gasteiger partial charge in [-0.2, -0.15) is 0 Å². The predicted octanol–water partition coefficient (Wildman–Crippen LogP) is 22.1. The van der Waals surface area contributed by atoms with E-state index < -0.39 is 12.1 Å². The Kier molecular flexibility index (Phi) is 64.4. The van der Waals surface area contributed by atoms with Gasteiger partial charge < -0.3 is 20.3 Å². The van der Waals surface area contributed by atoms with Crippen LogP contribution in [-0.2, 0) is 14.3 Å². The zero-order chi connectivity index (χ0) is 55.0. The molecule has 2 atom stereocenters. The first kappa shape index (κ1) is 74.3. The molecule has 0 aliphatic carbocycles. The molecular formula is C70H135NO5. The Morgan fingerprint density at radius 3 is 0.934 bits per heavy atom. The molecular weight excluding hydrogens is 935 g/mol. The number of carbonyl (C=O) groups is 2. The van der Waals surface area contributed by atoms with E-state index in [1.54, 1.807) is 6.08 Å². The molecule has 0 saturated heterocycles. The second kappa shape index (κ2) is 65.9. The lowest BCUT2D eigenvalue weighted by atomic mass is 10.0. The average Bonchev–Trinajstić information content (AvgIpc) is 3.42. The van der Waals surface area contributed by atoms with E-state index in [0.717, 1.165) is 38.5 Å². The molecule has 3 N–H and O–H groups in total. The Morgan fingerprint density at radius 1 is 0.355 bits per heavy atom. The van der Waals surface area contributed by atoms with Crippen LogP contribution >= 0.6 is 0 Å². The molecule has 2 unspecified atom stereocenters. The highest BCUT2D eigenvalue weighted by molar-refractivity contribution is 5.76. The standard InChI is InChI=1S/C70H135NO5/c1-3-5-7-9-11-13-15-17-18-37-40-44-48-52-56-60-64-70(75)76-65-61-57-53-49-45-41-38-35-33-31-29-27-25-23-21-19-20-22-24-26-28-30-32-34-36-39-43-47-51-55-59-63-69(74)71-67(66-72)68(73)62-58-54-50-46-42-16-14-12-10-8-6-4-2/h21,23,58,62,67-68,72-73H,3-20,22,24-57,59-61,63-66H2,1-2H3,(H,71,74)/b23-21-,62-58+. The molecule has 76 heavy (non-hydrogen) atoms. The zero-order valence-corrected chi connectivity index (χ0v) is 51.5. The lowest BCUT2D eigenvalue weighted by Gasteiger charge is -2.20. The molecule has 6 nitrogen and oxygen atoms in total. The van der Waals surface area contributed by atoms with Crippen LogP contribution in [0.15, 0.2) is 24.3 Å². The molecule has 0 aromatic heterocycles. The van der Waals surface area contributed by atoms with E-state index in [1.807, 2.05) is 6.08 Å². The molecule has 1 amide bonds. The van der Waals surface area contributed by atoms with Crippen molar-refractivity contribution < 1.29 is 24.5 Å². The number of aliphatic hydroxyl groups excluding tert-OH is 2. The third-order valence-electron chi connectivity index (χ3n) is 16.2. The normalized spacial score (nSPS) is 12.6. The van der Waals surface area contributed by atoms with Crippen LogP contribution in [-0.4, -0.2) is 47.4 Å². The fourth-order valence-electron chi connectivity index (χ4n) is 10.9.